The highest BCUT2D eigenvalue weighted by atomic mass is 32.1. The van der Waals surface area contributed by atoms with Crippen LogP contribution in [-0.2, 0) is 9.59 Å². The van der Waals surface area contributed by atoms with Crippen molar-refractivity contribution < 1.29 is 19.8 Å². The third-order valence-corrected chi connectivity index (χ3v) is 12.4. The summed E-state index contributed by atoms with van der Waals surface area (Å²) in [5.74, 6) is 0.476. The highest BCUT2D eigenvalue weighted by Gasteiger charge is 2.47. The number of nitrogens with one attached hydrogen (secondary N) is 1. The molecule has 3 fully saturated rings. The van der Waals surface area contributed by atoms with Crippen LogP contribution in [0.25, 0.3) is 32.6 Å². The number of thiazole rings is 1. The van der Waals surface area contributed by atoms with Crippen LogP contribution >= 0.6 is 11.3 Å². The van der Waals surface area contributed by atoms with Gasteiger partial charge in [-0.2, -0.15) is 0 Å². The van der Waals surface area contributed by atoms with Gasteiger partial charge >= 0.3 is 0 Å². The lowest BCUT2D eigenvalue weighted by Crippen LogP contribution is -2.49. The number of nitrogens with zero attached hydrogens (tertiary/aromatic N) is 9. The SMILES string of the molecule is Cc1ncsc1-c1ccc([C@H](C)NC(=O)[C@@H]2C[C@@H](O)CN2C(=O)C(C2CC2)n2cc(N3CCN(c4ccc5cc(-c6ccccc6O)nnc5c4)CC3)nn2)cc1. The van der Waals surface area contributed by atoms with E-state index < -0.39 is 18.2 Å². The number of phenols is 1. The molecule has 3 aromatic carbocycles. The highest BCUT2D eigenvalue weighted by molar-refractivity contribution is 7.13. The first kappa shape index (κ1) is 36.7. The van der Waals surface area contributed by atoms with Gasteiger partial charge in [-0.05, 0) is 74.1 Å². The third kappa shape index (κ3) is 7.40. The number of amides is 2. The number of carbonyl (C=O) groups is 2. The molecule has 15 heteroatoms. The lowest BCUT2D eigenvalue weighted by atomic mass is 10.0. The van der Waals surface area contributed by atoms with Gasteiger partial charge in [-0.3, -0.25) is 9.59 Å². The number of carbonyl (C=O) groups excluding carboxylic acids is 2. The Kier molecular flexibility index (Phi) is 9.78. The number of aromatic hydroxyl groups is 1. The smallest absolute Gasteiger partial charge is 0.248 e. The monoisotopic (exact) mass is 784 g/mol. The fraction of sp³-hybridized carbons (Fsp3) is 0.357. The van der Waals surface area contributed by atoms with Gasteiger partial charge in [-0.15, -0.1) is 26.6 Å². The topological polar surface area (TPSA) is 166 Å². The van der Waals surface area contributed by atoms with Crippen LogP contribution in [0.15, 0.2) is 84.5 Å². The number of fused-ring (bicyclic) bond motifs is 1. The van der Waals surface area contributed by atoms with Crippen LogP contribution in [0, 0.1) is 12.8 Å². The van der Waals surface area contributed by atoms with Gasteiger partial charge < -0.3 is 30.2 Å². The number of anilines is 2. The van der Waals surface area contributed by atoms with Crippen LogP contribution in [0.5, 0.6) is 5.75 Å². The number of hydrogen-bond donors (Lipinski definition) is 3. The zero-order valence-corrected chi connectivity index (χ0v) is 32.6. The predicted octanol–water partition coefficient (Wildman–Crippen LogP) is 5.14. The Balaban J connectivity index is 0.839. The normalized spacial score (nSPS) is 19.5. The molecule has 4 atom stereocenters. The molecule has 57 heavy (non-hydrogen) atoms. The van der Waals surface area contributed by atoms with E-state index >= 15 is 0 Å². The summed E-state index contributed by atoms with van der Waals surface area (Å²) in [6.45, 7) is 6.94. The van der Waals surface area contributed by atoms with E-state index in [-0.39, 0.29) is 42.5 Å². The minimum Gasteiger partial charge on any atom is -0.507 e. The maximum absolute atomic E-state index is 14.3. The maximum atomic E-state index is 14.3. The summed E-state index contributed by atoms with van der Waals surface area (Å²) in [5.41, 5.74) is 7.95. The Bertz CT molecular complexity index is 2420. The number of rotatable bonds is 10. The van der Waals surface area contributed by atoms with Crippen LogP contribution in [0.4, 0.5) is 11.5 Å². The quantitative estimate of drug-likeness (QED) is 0.168. The first-order valence-corrected chi connectivity index (χ1v) is 20.3. The summed E-state index contributed by atoms with van der Waals surface area (Å²) in [6, 6.07) is 21.6. The molecule has 3 aliphatic rings. The van der Waals surface area contributed by atoms with Crippen LogP contribution in [0.2, 0.25) is 0 Å². The minimum absolute atomic E-state index is 0.0930. The Morgan fingerprint density at radius 3 is 2.44 bits per heavy atom. The standard InChI is InChI=1S/C42H44N10O4S/c1-25(27-7-11-29(12-8-27)40-26(2)43-24-57-40)44-41(55)36-21-32(53)22-51(36)42(56)39(28-9-10-28)52-23-38(47-48-52)50-17-15-49(16-18-50)31-14-13-30-19-35(46-45-34(30)20-31)33-5-3-4-6-37(33)54/h3-8,11-14,19-20,23-25,28,32,36,39,53-54H,9-10,15-18,21-22H2,1-2H3,(H,44,55)/t25-,32+,36-,39?/m0/s1. The van der Waals surface area contributed by atoms with E-state index in [0.29, 0.717) is 30.2 Å². The number of aliphatic hydroxyl groups excluding tert-OH is 1. The number of aromatic nitrogens is 6. The molecule has 6 aromatic rings. The lowest BCUT2D eigenvalue weighted by Gasteiger charge is -2.36. The molecule has 2 amide bonds. The third-order valence-electron chi connectivity index (χ3n) is 11.5. The average molecular weight is 785 g/mol. The number of aliphatic hydroxyl groups is 1. The largest absolute Gasteiger partial charge is 0.507 e. The second kappa shape index (κ2) is 15.2. The number of hydrogen-bond acceptors (Lipinski definition) is 12. The van der Waals surface area contributed by atoms with E-state index in [1.165, 1.54) is 0 Å². The number of β-amino-alcohol motifs (C(OH)–C–C–N with tert-alkyl or cyclic N) is 1. The lowest BCUT2D eigenvalue weighted by molar-refractivity contribution is -0.142. The van der Waals surface area contributed by atoms with E-state index in [1.54, 1.807) is 33.1 Å². The van der Waals surface area contributed by atoms with Gasteiger partial charge in [0, 0.05) is 55.8 Å². The summed E-state index contributed by atoms with van der Waals surface area (Å²) in [7, 11) is 0. The van der Waals surface area contributed by atoms with Gasteiger partial charge in [0.15, 0.2) is 5.82 Å². The molecule has 1 aliphatic carbocycles. The zero-order valence-electron chi connectivity index (χ0n) is 31.8. The van der Waals surface area contributed by atoms with Gasteiger partial charge in [0.05, 0.1) is 45.6 Å². The maximum Gasteiger partial charge on any atom is 0.248 e. The van der Waals surface area contributed by atoms with E-state index in [4.69, 9.17) is 0 Å². The van der Waals surface area contributed by atoms with Crippen molar-refractivity contribution in [3.8, 4) is 27.4 Å². The molecule has 3 aromatic heterocycles. The Morgan fingerprint density at radius 2 is 1.70 bits per heavy atom. The minimum atomic E-state index is -0.791. The molecule has 2 aliphatic heterocycles. The zero-order chi connectivity index (χ0) is 39.2. The van der Waals surface area contributed by atoms with Crippen molar-refractivity contribution >= 4 is 45.6 Å². The summed E-state index contributed by atoms with van der Waals surface area (Å²) >= 11 is 1.60. The van der Waals surface area contributed by atoms with Crippen molar-refractivity contribution in [2.75, 3.05) is 42.5 Å². The van der Waals surface area contributed by atoms with E-state index in [9.17, 15) is 19.8 Å². The van der Waals surface area contributed by atoms with Crippen LogP contribution < -0.4 is 15.1 Å². The van der Waals surface area contributed by atoms with E-state index in [2.05, 4.69) is 46.7 Å². The Hall–Kier alpha value is -5.93. The molecule has 0 radical (unpaired) electrons. The molecule has 9 rings (SSSR count). The van der Waals surface area contributed by atoms with Crippen molar-refractivity contribution in [2.45, 2.75) is 57.3 Å². The van der Waals surface area contributed by atoms with Crippen molar-refractivity contribution in [2.24, 2.45) is 5.92 Å². The summed E-state index contributed by atoms with van der Waals surface area (Å²) in [5, 5.41) is 42.9. The fourth-order valence-electron chi connectivity index (χ4n) is 8.10. The van der Waals surface area contributed by atoms with Crippen LogP contribution in [-0.4, -0.2) is 102 Å². The molecule has 3 N–H and O–H groups in total. The molecule has 0 bridgehead atoms. The molecular weight excluding hydrogens is 741 g/mol. The van der Waals surface area contributed by atoms with Crippen molar-refractivity contribution in [3.63, 3.8) is 0 Å². The molecular formula is C42H44N10O4S. The second-order valence-electron chi connectivity index (χ2n) is 15.3. The number of phenolic OH excluding ortho intramolecular Hbond substituents is 1. The fourth-order valence-corrected chi connectivity index (χ4v) is 8.91. The average Bonchev–Trinajstić information content (AvgIpc) is 3.56. The van der Waals surface area contributed by atoms with E-state index in [0.717, 1.165) is 64.2 Å². The Morgan fingerprint density at radius 1 is 0.930 bits per heavy atom. The van der Waals surface area contributed by atoms with Gasteiger partial charge in [-0.25, -0.2) is 9.67 Å². The van der Waals surface area contributed by atoms with Crippen molar-refractivity contribution in [1.82, 2.24) is 40.4 Å². The highest BCUT2D eigenvalue weighted by Crippen LogP contribution is 2.42. The van der Waals surface area contributed by atoms with Gasteiger partial charge in [0.25, 0.3) is 0 Å². The molecule has 292 valence electrons. The molecule has 0 spiro atoms. The molecule has 1 saturated carbocycles. The first-order valence-electron chi connectivity index (χ1n) is 19.5. The Labute approximate surface area is 333 Å². The number of aryl methyl sites for hydroxylation is 1. The van der Waals surface area contributed by atoms with Crippen LogP contribution in [0.1, 0.15) is 49.5 Å². The van der Waals surface area contributed by atoms with E-state index in [1.807, 2.05) is 80.2 Å². The van der Waals surface area contributed by atoms with Crippen molar-refractivity contribution in [3.05, 3.63) is 95.8 Å². The molecule has 5 heterocycles. The number of piperazine rings is 1. The predicted molar refractivity (Wildman–Crippen MR) is 218 cm³/mol. The molecule has 2 saturated heterocycles. The summed E-state index contributed by atoms with van der Waals surface area (Å²) in [6.07, 6.45) is 3.02. The first-order chi connectivity index (χ1) is 27.7. The van der Waals surface area contributed by atoms with Gasteiger partial charge in [0.2, 0.25) is 11.8 Å². The van der Waals surface area contributed by atoms with Crippen molar-refractivity contribution in [1.29, 1.82) is 0 Å². The van der Waals surface area contributed by atoms with Crippen LogP contribution in [0.3, 0.4) is 0 Å². The summed E-state index contributed by atoms with van der Waals surface area (Å²) in [4.78, 5) is 39.5. The second-order valence-corrected chi connectivity index (χ2v) is 16.2. The van der Waals surface area contributed by atoms with Gasteiger partial charge in [0.1, 0.15) is 17.8 Å². The molecule has 1 unspecified atom stereocenters. The van der Waals surface area contributed by atoms with Gasteiger partial charge in [-0.1, -0.05) is 47.7 Å². The number of benzene rings is 3. The number of likely N-dealkylation sites (tertiary alicyclic amines) is 1. The molecule has 14 nitrogen and oxygen atoms in total. The number of para-hydroxylation sites is 1. The summed E-state index contributed by atoms with van der Waals surface area (Å²) < 4.78 is 1.67.